The molecule has 1 aliphatic carbocycles. The fourth-order valence-corrected chi connectivity index (χ4v) is 5.26. The number of nitrogens with zero attached hydrogens (tertiary/aromatic N) is 1. The minimum atomic E-state index is -3.00. The van der Waals surface area contributed by atoms with E-state index in [0.717, 1.165) is 6.42 Å². The van der Waals surface area contributed by atoms with Crippen LogP contribution in [0.2, 0.25) is 0 Å². The van der Waals surface area contributed by atoms with Crippen LogP contribution in [-0.4, -0.2) is 43.3 Å². The van der Waals surface area contributed by atoms with Crippen LogP contribution in [0, 0.1) is 12.8 Å². The van der Waals surface area contributed by atoms with Crippen molar-refractivity contribution in [1.29, 1.82) is 0 Å². The summed E-state index contributed by atoms with van der Waals surface area (Å²) in [7, 11) is -3.00. The van der Waals surface area contributed by atoms with Crippen LogP contribution in [0.15, 0.2) is 36.9 Å². The van der Waals surface area contributed by atoms with E-state index in [9.17, 15) is 13.2 Å². The topological polar surface area (TPSA) is 54.5 Å². The second kappa shape index (κ2) is 6.11. The molecule has 3 atom stereocenters. The predicted octanol–water partition coefficient (Wildman–Crippen LogP) is 2.30. The second-order valence-electron chi connectivity index (χ2n) is 6.70. The minimum absolute atomic E-state index is 0.0138. The molecule has 4 nitrogen and oxygen atoms in total. The summed E-state index contributed by atoms with van der Waals surface area (Å²) >= 11 is 0. The lowest BCUT2D eigenvalue weighted by molar-refractivity contribution is -0.133. The number of carbonyl (C=O) groups excluding carboxylic acids is 1. The van der Waals surface area contributed by atoms with Crippen molar-refractivity contribution in [2.75, 3.05) is 18.1 Å². The first-order chi connectivity index (χ1) is 10.9. The molecule has 0 spiro atoms. The van der Waals surface area contributed by atoms with Crippen molar-refractivity contribution in [3.05, 3.63) is 48.0 Å². The highest BCUT2D eigenvalue weighted by Gasteiger charge is 2.47. The van der Waals surface area contributed by atoms with Gasteiger partial charge < -0.3 is 4.90 Å². The molecule has 1 saturated carbocycles. The number of sulfone groups is 1. The van der Waals surface area contributed by atoms with Gasteiger partial charge in [0.15, 0.2) is 9.84 Å². The van der Waals surface area contributed by atoms with E-state index in [1.165, 1.54) is 11.1 Å². The molecule has 0 unspecified atom stereocenters. The van der Waals surface area contributed by atoms with E-state index in [1.54, 1.807) is 11.0 Å². The Hall–Kier alpha value is -1.62. The van der Waals surface area contributed by atoms with Crippen molar-refractivity contribution in [3.63, 3.8) is 0 Å². The van der Waals surface area contributed by atoms with E-state index >= 15 is 0 Å². The average molecular weight is 333 g/mol. The Bertz CT molecular complexity index is 726. The molecular weight excluding hydrogens is 310 g/mol. The van der Waals surface area contributed by atoms with Gasteiger partial charge in [0.25, 0.3) is 0 Å². The van der Waals surface area contributed by atoms with Crippen molar-refractivity contribution in [2.24, 2.45) is 5.92 Å². The molecule has 2 aliphatic rings. The third-order valence-electron chi connectivity index (χ3n) is 4.84. The number of hydrogen-bond acceptors (Lipinski definition) is 3. The van der Waals surface area contributed by atoms with Gasteiger partial charge in [-0.1, -0.05) is 35.9 Å². The highest BCUT2D eigenvalue weighted by atomic mass is 32.2. The van der Waals surface area contributed by atoms with Gasteiger partial charge in [-0.05, 0) is 31.2 Å². The number of aryl methyl sites for hydroxylation is 1. The number of amides is 1. The zero-order valence-corrected chi connectivity index (χ0v) is 14.3. The molecule has 2 fully saturated rings. The Balaban J connectivity index is 1.72. The molecule has 5 heteroatoms. The molecule has 1 saturated heterocycles. The largest absolute Gasteiger partial charge is 0.335 e. The van der Waals surface area contributed by atoms with Gasteiger partial charge >= 0.3 is 0 Å². The highest BCUT2D eigenvalue weighted by Crippen LogP contribution is 2.49. The van der Waals surface area contributed by atoms with Crippen molar-refractivity contribution in [1.82, 2.24) is 4.90 Å². The molecule has 124 valence electrons. The van der Waals surface area contributed by atoms with Gasteiger partial charge in [0.05, 0.1) is 11.5 Å². The Labute approximate surface area is 138 Å². The van der Waals surface area contributed by atoms with Crippen LogP contribution < -0.4 is 0 Å². The second-order valence-corrected chi connectivity index (χ2v) is 8.93. The Morgan fingerprint density at radius 3 is 2.83 bits per heavy atom. The van der Waals surface area contributed by atoms with Crippen LogP contribution in [-0.2, 0) is 14.6 Å². The number of carbonyl (C=O) groups is 1. The zero-order valence-electron chi connectivity index (χ0n) is 13.4. The van der Waals surface area contributed by atoms with Crippen LogP contribution in [0.3, 0.4) is 0 Å². The van der Waals surface area contributed by atoms with E-state index < -0.39 is 9.84 Å². The first-order valence-electron chi connectivity index (χ1n) is 8.09. The summed E-state index contributed by atoms with van der Waals surface area (Å²) in [6.07, 6.45) is 3.09. The summed E-state index contributed by atoms with van der Waals surface area (Å²) in [5.74, 6) is 0.616. The predicted molar refractivity (Wildman–Crippen MR) is 91.0 cm³/mol. The van der Waals surface area contributed by atoms with Crippen LogP contribution in [0.1, 0.15) is 29.9 Å². The lowest BCUT2D eigenvalue weighted by Gasteiger charge is -2.27. The molecule has 3 rings (SSSR count). The molecule has 1 heterocycles. The number of benzene rings is 1. The van der Waals surface area contributed by atoms with Crippen LogP contribution >= 0.6 is 0 Å². The number of rotatable bonds is 5. The summed E-state index contributed by atoms with van der Waals surface area (Å²) in [6, 6.07) is 8.09. The molecule has 0 radical (unpaired) electrons. The molecule has 1 aromatic rings. The van der Waals surface area contributed by atoms with E-state index in [0.29, 0.717) is 13.0 Å². The van der Waals surface area contributed by atoms with Gasteiger partial charge in [-0.2, -0.15) is 0 Å². The quantitative estimate of drug-likeness (QED) is 0.777. The molecule has 0 bridgehead atoms. The molecule has 1 aliphatic heterocycles. The normalized spacial score (nSPS) is 28.3. The van der Waals surface area contributed by atoms with Gasteiger partial charge in [0.2, 0.25) is 5.91 Å². The zero-order chi connectivity index (χ0) is 16.6. The first kappa shape index (κ1) is 16.2. The fraction of sp³-hybridized carbons (Fsp3) is 0.500. The smallest absolute Gasteiger partial charge is 0.226 e. The summed E-state index contributed by atoms with van der Waals surface area (Å²) in [5, 5.41) is 0. The Kier molecular flexibility index (Phi) is 4.32. The maximum Gasteiger partial charge on any atom is 0.226 e. The highest BCUT2D eigenvalue weighted by molar-refractivity contribution is 7.91. The van der Waals surface area contributed by atoms with E-state index in [1.807, 2.05) is 6.07 Å². The van der Waals surface area contributed by atoms with Crippen LogP contribution in [0.5, 0.6) is 0 Å². The number of hydrogen-bond donors (Lipinski definition) is 0. The Morgan fingerprint density at radius 2 is 2.22 bits per heavy atom. The van der Waals surface area contributed by atoms with E-state index in [4.69, 9.17) is 0 Å². The average Bonchev–Trinajstić information content (AvgIpc) is 3.22. The third kappa shape index (κ3) is 3.50. The molecule has 23 heavy (non-hydrogen) atoms. The monoisotopic (exact) mass is 333 g/mol. The fourth-order valence-electron chi connectivity index (χ4n) is 3.53. The van der Waals surface area contributed by atoms with Crippen molar-refractivity contribution >= 4 is 15.7 Å². The van der Waals surface area contributed by atoms with E-state index in [2.05, 4.69) is 31.7 Å². The SMILES string of the molecule is C=CCN(C(=O)[C@@H]1C[C@@H]1c1cccc(C)c1)[C@@H]1CCS(=O)(=O)C1. The lowest BCUT2D eigenvalue weighted by Crippen LogP contribution is -2.42. The van der Waals surface area contributed by atoms with E-state index in [-0.39, 0.29) is 35.3 Å². The summed E-state index contributed by atoms with van der Waals surface area (Å²) in [6.45, 7) is 6.19. The van der Waals surface area contributed by atoms with Gasteiger partial charge in [-0.15, -0.1) is 6.58 Å². The third-order valence-corrected chi connectivity index (χ3v) is 6.59. The van der Waals surface area contributed by atoms with Gasteiger partial charge in [0, 0.05) is 18.5 Å². The maximum absolute atomic E-state index is 12.8. The van der Waals surface area contributed by atoms with Gasteiger partial charge in [0.1, 0.15) is 0 Å². The standard InChI is InChI=1S/C18H23NO3S/c1-3-8-19(15-7-9-23(21,22)12-15)18(20)17-11-16(17)14-6-4-5-13(2)10-14/h3-6,10,15-17H,1,7-9,11-12H2,2H3/t15-,16-,17-/m1/s1. The molecule has 1 aromatic carbocycles. The summed E-state index contributed by atoms with van der Waals surface area (Å²) < 4.78 is 23.4. The molecule has 1 amide bonds. The van der Waals surface area contributed by atoms with Crippen LogP contribution in [0.25, 0.3) is 0 Å². The van der Waals surface area contributed by atoms with Crippen molar-refractivity contribution in [2.45, 2.75) is 31.7 Å². The van der Waals surface area contributed by atoms with Crippen LogP contribution in [0.4, 0.5) is 0 Å². The molecule has 0 N–H and O–H groups in total. The van der Waals surface area contributed by atoms with Crippen molar-refractivity contribution < 1.29 is 13.2 Å². The Morgan fingerprint density at radius 1 is 1.43 bits per heavy atom. The summed E-state index contributed by atoms with van der Waals surface area (Å²) in [4.78, 5) is 14.6. The molecule has 0 aromatic heterocycles. The lowest BCUT2D eigenvalue weighted by atomic mass is 10.1. The molecular formula is C18H23NO3S. The minimum Gasteiger partial charge on any atom is -0.335 e. The maximum atomic E-state index is 12.8. The summed E-state index contributed by atoms with van der Waals surface area (Å²) in [5.41, 5.74) is 2.41. The van der Waals surface area contributed by atoms with Gasteiger partial charge in [-0.25, -0.2) is 8.42 Å². The first-order valence-corrected chi connectivity index (χ1v) is 9.92. The van der Waals surface area contributed by atoms with Gasteiger partial charge in [-0.3, -0.25) is 4.79 Å². The van der Waals surface area contributed by atoms with Crippen molar-refractivity contribution in [3.8, 4) is 0 Å².